The molecule has 8 heteroatoms. The van der Waals surface area contributed by atoms with E-state index in [4.69, 9.17) is 22.1 Å². The normalized spacial score (nSPS) is 16.4. The number of nitriles is 2. The van der Waals surface area contributed by atoms with Crippen molar-refractivity contribution in [1.82, 2.24) is 4.90 Å². The lowest BCUT2D eigenvalue weighted by molar-refractivity contribution is -0.135. The van der Waals surface area contributed by atoms with E-state index in [1.165, 1.54) is 28.0 Å². The molecule has 0 radical (unpaired) electrons. The lowest BCUT2D eigenvalue weighted by Gasteiger charge is -2.24. The van der Waals surface area contributed by atoms with Crippen LogP contribution >= 0.6 is 11.6 Å². The van der Waals surface area contributed by atoms with Gasteiger partial charge in [-0.25, -0.2) is 4.39 Å². The summed E-state index contributed by atoms with van der Waals surface area (Å²) in [5.74, 6) is -1.64. The van der Waals surface area contributed by atoms with Gasteiger partial charge in [-0.1, -0.05) is 11.6 Å². The van der Waals surface area contributed by atoms with E-state index >= 15 is 0 Å². The zero-order valence-electron chi connectivity index (χ0n) is 13.4. The van der Waals surface area contributed by atoms with Crippen LogP contribution in [0.4, 0.5) is 10.1 Å². The molecule has 1 aromatic rings. The average Bonchev–Trinajstić information content (AvgIpc) is 2.99. The molecule has 1 unspecified atom stereocenters. The van der Waals surface area contributed by atoms with Crippen molar-refractivity contribution in [3.63, 3.8) is 0 Å². The molecule has 0 bridgehead atoms. The van der Waals surface area contributed by atoms with Crippen LogP contribution in [0.25, 0.3) is 0 Å². The van der Waals surface area contributed by atoms with E-state index in [1.807, 2.05) is 12.1 Å². The van der Waals surface area contributed by atoms with Gasteiger partial charge < -0.3 is 9.80 Å². The van der Waals surface area contributed by atoms with Gasteiger partial charge >= 0.3 is 0 Å². The number of anilines is 1. The van der Waals surface area contributed by atoms with Crippen LogP contribution in [0.3, 0.4) is 0 Å². The van der Waals surface area contributed by atoms with Gasteiger partial charge in [0.25, 0.3) is 0 Å². The van der Waals surface area contributed by atoms with Gasteiger partial charge in [-0.3, -0.25) is 9.59 Å². The molecule has 2 rings (SSSR count). The minimum Gasteiger partial charge on any atom is -0.340 e. The summed E-state index contributed by atoms with van der Waals surface area (Å²) in [5, 5.41) is 17.3. The summed E-state index contributed by atoms with van der Waals surface area (Å²) in [6, 6.07) is 7.91. The highest BCUT2D eigenvalue weighted by atomic mass is 35.5. The number of halogens is 2. The second-order valence-corrected chi connectivity index (χ2v) is 6.05. The largest absolute Gasteiger partial charge is 0.340 e. The molecule has 25 heavy (non-hydrogen) atoms. The predicted molar refractivity (Wildman–Crippen MR) is 88.9 cm³/mol. The molecule has 0 N–H and O–H groups in total. The fourth-order valence-corrected chi connectivity index (χ4v) is 2.91. The molecule has 1 aliphatic rings. The lowest BCUT2D eigenvalue weighted by atomic mass is 10.1. The van der Waals surface area contributed by atoms with E-state index in [0.29, 0.717) is 5.69 Å². The Labute approximate surface area is 150 Å². The minimum absolute atomic E-state index is 0.0312. The van der Waals surface area contributed by atoms with Gasteiger partial charge in [0.1, 0.15) is 5.82 Å². The van der Waals surface area contributed by atoms with E-state index < -0.39 is 11.7 Å². The van der Waals surface area contributed by atoms with E-state index in [9.17, 15) is 14.0 Å². The lowest BCUT2D eigenvalue weighted by Crippen LogP contribution is -2.38. The summed E-state index contributed by atoms with van der Waals surface area (Å²) in [7, 11) is 0. The zero-order chi connectivity index (χ0) is 18.4. The highest BCUT2D eigenvalue weighted by Crippen LogP contribution is 2.29. The number of carbonyl (C=O) groups is 2. The first-order valence-corrected chi connectivity index (χ1v) is 8.13. The van der Waals surface area contributed by atoms with Crippen LogP contribution in [0.15, 0.2) is 18.2 Å². The molecule has 0 aromatic heterocycles. The van der Waals surface area contributed by atoms with Gasteiger partial charge in [-0.2, -0.15) is 10.5 Å². The Balaban J connectivity index is 2.11. The van der Waals surface area contributed by atoms with E-state index in [-0.39, 0.29) is 55.7 Å². The Hall–Kier alpha value is -2.64. The Morgan fingerprint density at radius 3 is 2.52 bits per heavy atom. The summed E-state index contributed by atoms with van der Waals surface area (Å²) >= 11 is 5.75. The molecule has 1 atom stereocenters. The standard InChI is InChI=1S/C17H16ClFN4O2/c18-14-10-13(3-4-15(14)19)23-11-12(9-16(23)24)17(25)22(7-1-5-20)8-2-6-21/h3-4,10,12H,1-2,7-9,11H2. The molecular formula is C17H16ClFN4O2. The first kappa shape index (κ1) is 18.7. The number of carbonyl (C=O) groups excluding carboxylic acids is 2. The number of benzene rings is 1. The molecule has 6 nitrogen and oxygen atoms in total. The monoisotopic (exact) mass is 362 g/mol. The van der Waals surface area contributed by atoms with Crippen LogP contribution in [0.1, 0.15) is 19.3 Å². The average molecular weight is 363 g/mol. The van der Waals surface area contributed by atoms with Crippen molar-refractivity contribution >= 4 is 29.1 Å². The molecule has 1 fully saturated rings. The van der Waals surface area contributed by atoms with Crippen LogP contribution in [0, 0.1) is 34.4 Å². The Morgan fingerprint density at radius 1 is 1.32 bits per heavy atom. The quantitative estimate of drug-likeness (QED) is 0.777. The number of rotatable bonds is 6. The van der Waals surface area contributed by atoms with E-state index in [0.717, 1.165) is 0 Å². The second kappa shape index (κ2) is 8.46. The van der Waals surface area contributed by atoms with Gasteiger partial charge in [-0.05, 0) is 18.2 Å². The molecule has 2 amide bonds. The maximum Gasteiger partial charge on any atom is 0.228 e. The van der Waals surface area contributed by atoms with E-state index in [2.05, 4.69) is 0 Å². The van der Waals surface area contributed by atoms with Crippen molar-refractivity contribution in [2.45, 2.75) is 19.3 Å². The first-order valence-electron chi connectivity index (χ1n) is 7.76. The number of hydrogen-bond donors (Lipinski definition) is 0. The van der Waals surface area contributed by atoms with Gasteiger partial charge in [-0.15, -0.1) is 0 Å². The third-order valence-corrected chi connectivity index (χ3v) is 4.28. The zero-order valence-corrected chi connectivity index (χ0v) is 14.2. The highest BCUT2D eigenvalue weighted by molar-refractivity contribution is 6.31. The summed E-state index contributed by atoms with van der Waals surface area (Å²) in [4.78, 5) is 27.7. The molecule has 0 spiro atoms. The maximum atomic E-state index is 13.3. The second-order valence-electron chi connectivity index (χ2n) is 5.65. The van der Waals surface area contributed by atoms with Crippen molar-refractivity contribution < 1.29 is 14.0 Å². The molecule has 1 aromatic carbocycles. The SMILES string of the molecule is N#CCCN(CCC#N)C(=O)C1CC(=O)N(c2ccc(F)c(Cl)c2)C1. The fourth-order valence-electron chi connectivity index (χ4n) is 2.74. The third kappa shape index (κ3) is 4.46. The van der Waals surface area contributed by atoms with Crippen LogP contribution < -0.4 is 4.90 Å². The van der Waals surface area contributed by atoms with Gasteiger partial charge in [0.2, 0.25) is 11.8 Å². The Morgan fingerprint density at radius 2 is 1.96 bits per heavy atom. The van der Waals surface area contributed by atoms with Gasteiger partial charge in [0.05, 0.1) is 35.9 Å². The summed E-state index contributed by atoms with van der Waals surface area (Å²) in [5.41, 5.74) is 0.437. The van der Waals surface area contributed by atoms with Crippen molar-refractivity contribution in [3.05, 3.63) is 29.0 Å². The molecule has 1 aliphatic heterocycles. The summed E-state index contributed by atoms with van der Waals surface area (Å²) in [6.45, 7) is 0.614. The molecule has 130 valence electrons. The van der Waals surface area contributed by atoms with Crippen molar-refractivity contribution in [2.75, 3.05) is 24.5 Å². The smallest absolute Gasteiger partial charge is 0.228 e. The van der Waals surface area contributed by atoms with Crippen LogP contribution in [0.5, 0.6) is 0 Å². The van der Waals surface area contributed by atoms with Crippen LogP contribution in [0.2, 0.25) is 5.02 Å². The van der Waals surface area contributed by atoms with Crippen molar-refractivity contribution in [1.29, 1.82) is 10.5 Å². The van der Waals surface area contributed by atoms with Gasteiger partial charge in [0.15, 0.2) is 0 Å². The molecule has 1 heterocycles. The first-order chi connectivity index (χ1) is 12.0. The van der Waals surface area contributed by atoms with Crippen molar-refractivity contribution in [3.8, 4) is 12.1 Å². The van der Waals surface area contributed by atoms with Crippen LogP contribution in [-0.4, -0.2) is 36.3 Å². The molecule has 0 aliphatic carbocycles. The summed E-state index contributed by atoms with van der Waals surface area (Å²) < 4.78 is 13.3. The number of nitrogens with zero attached hydrogens (tertiary/aromatic N) is 4. The highest BCUT2D eigenvalue weighted by Gasteiger charge is 2.37. The Kier molecular flexibility index (Phi) is 6.32. The van der Waals surface area contributed by atoms with Gasteiger partial charge in [0, 0.05) is 31.7 Å². The summed E-state index contributed by atoms with van der Waals surface area (Å²) in [6.07, 6.45) is 0.355. The molecular weight excluding hydrogens is 347 g/mol. The third-order valence-electron chi connectivity index (χ3n) is 3.99. The number of hydrogen-bond acceptors (Lipinski definition) is 4. The Bertz CT molecular complexity index is 738. The molecule has 0 saturated carbocycles. The minimum atomic E-state index is -0.580. The van der Waals surface area contributed by atoms with Crippen LogP contribution in [-0.2, 0) is 9.59 Å². The molecule has 1 saturated heterocycles. The van der Waals surface area contributed by atoms with Crippen molar-refractivity contribution in [2.24, 2.45) is 5.92 Å². The fraction of sp³-hybridized carbons (Fsp3) is 0.412. The van der Waals surface area contributed by atoms with E-state index in [1.54, 1.807) is 0 Å². The maximum absolute atomic E-state index is 13.3. The predicted octanol–water partition coefficient (Wildman–Crippen LogP) is 2.49. The number of amides is 2. The topological polar surface area (TPSA) is 88.2 Å².